The molecule has 2 atom stereocenters. The predicted octanol–water partition coefficient (Wildman–Crippen LogP) is 2.68. The predicted molar refractivity (Wildman–Crippen MR) is 95.2 cm³/mol. The van der Waals surface area contributed by atoms with Crippen molar-refractivity contribution in [1.82, 2.24) is 10.2 Å². The summed E-state index contributed by atoms with van der Waals surface area (Å²) in [6, 6.07) is 10.6. The fourth-order valence-corrected chi connectivity index (χ4v) is 3.54. The Morgan fingerprint density at radius 2 is 2.09 bits per heavy atom. The van der Waals surface area contributed by atoms with E-state index in [0.717, 1.165) is 32.5 Å². The highest BCUT2D eigenvalue weighted by Crippen LogP contribution is 2.21. The molecule has 126 valence electrons. The number of benzene rings is 1. The SMILES string of the molecule is CC(=O)SC[C@@H](C)C(=O)N1CCC[C@H]1CNCc1ccccc1. The first-order valence-corrected chi connectivity index (χ1v) is 9.25. The summed E-state index contributed by atoms with van der Waals surface area (Å²) in [5.74, 6) is 0.663. The molecule has 0 unspecified atom stereocenters. The van der Waals surface area contributed by atoms with Crippen LogP contribution in [0.3, 0.4) is 0 Å². The van der Waals surface area contributed by atoms with Crippen LogP contribution < -0.4 is 5.32 Å². The molecule has 4 nitrogen and oxygen atoms in total. The Bertz CT molecular complexity index is 521. The molecule has 2 rings (SSSR count). The molecule has 23 heavy (non-hydrogen) atoms. The van der Waals surface area contributed by atoms with E-state index in [2.05, 4.69) is 17.4 Å². The normalized spacial score (nSPS) is 18.9. The highest BCUT2D eigenvalue weighted by atomic mass is 32.2. The largest absolute Gasteiger partial charge is 0.338 e. The van der Waals surface area contributed by atoms with Crippen molar-refractivity contribution >= 4 is 22.8 Å². The summed E-state index contributed by atoms with van der Waals surface area (Å²) in [7, 11) is 0. The van der Waals surface area contributed by atoms with Crippen molar-refractivity contribution in [2.24, 2.45) is 5.92 Å². The molecule has 0 saturated carbocycles. The van der Waals surface area contributed by atoms with E-state index < -0.39 is 0 Å². The maximum Gasteiger partial charge on any atom is 0.226 e. The molecule has 0 bridgehead atoms. The van der Waals surface area contributed by atoms with Crippen molar-refractivity contribution in [1.29, 1.82) is 0 Å². The second-order valence-electron chi connectivity index (χ2n) is 6.15. The van der Waals surface area contributed by atoms with Crippen LogP contribution in [0.2, 0.25) is 0 Å². The van der Waals surface area contributed by atoms with Crippen molar-refractivity contribution in [3.05, 3.63) is 35.9 Å². The van der Waals surface area contributed by atoms with Gasteiger partial charge < -0.3 is 10.2 Å². The molecule has 1 heterocycles. The van der Waals surface area contributed by atoms with Gasteiger partial charge in [-0.2, -0.15) is 0 Å². The van der Waals surface area contributed by atoms with Crippen molar-refractivity contribution in [2.75, 3.05) is 18.8 Å². The average molecular weight is 334 g/mol. The minimum absolute atomic E-state index is 0.0761. The summed E-state index contributed by atoms with van der Waals surface area (Å²) < 4.78 is 0. The van der Waals surface area contributed by atoms with Gasteiger partial charge in [0.2, 0.25) is 5.91 Å². The molecule has 1 fully saturated rings. The van der Waals surface area contributed by atoms with Crippen LogP contribution in [0.1, 0.15) is 32.3 Å². The number of nitrogens with one attached hydrogen (secondary N) is 1. The van der Waals surface area contributed by atoms with Crippen LogP contribution in [0, 0.1) is 5.92 Å². The summed E-state index contributed by atoms with van der Waals surface area (Å²) in [5, 5.41) is 3.54. The average Bonchev–Trinajstić information content (AvgIpc) is 3.01. The summed E-state index contributed by atoms with van der Waals surface area (Å²) >= 11 is 1.24. The number of likely N-dealkylation sites (tertiary alicyclic amines) is 1. The highest BCUT2D eigenvalue weighted by Gasteiger charge is 2.31. The topological polar surface area (TPSA) is 49.4 Å². The van der Waals surface area contributed by atoms with E-state index in [-0.39, 0.29) is 23.0 Å². The summed E-state index contributed by atoms with van der Waals surface area (Å²) in [6.07, 6.45) is 2.12. The Morgan fingerprint density at radius 1 is 1.35 bits per heavy atom. The smallest absolute Gasteiger partial charge is 0.226 e. The lowest BCUT2D eigenvalue weighted by atomic mass is 10.1. The van der Waals surface area contributed by atoms with Crippen LogP contribution >= 0.6 is 11.8 Å². The van der Waals surface area contributed by atoms with Crippen LogP contribution in [0.4, 0.5) is 0 Å². The molecule has 1 N–H and O–H groups in total. The zero-order valence-corrected chi connectivity index (χ0v) is 14.8. The molecule has 0 aliphatic carbocycles. The fourth-order valence-electron chi connectivity index (χ4n) is 2.91. The Labute approximate surface area is 143 Å². The van der Waals surface area contributed by atoms with Crippen molar-refractivity contribution in [2.45, 2.75) is 39.3 Å². The molecule has 1 aliphatic rings. The number of thioether (sulfide) groups is 1. The molecule has 0 radical (unpaired) electrons. The van der Waals surface area contributed by atoms with Gasteiger partial charge in [0.1, 0.15) is 0 Å². The minimum Gasteiger partial charge on any atom is -0.338 e. The van der Waals surface area contributed by atoms with E-state index in [9.17, 15) is 9.59 Å². The van der Waals surface area contributed by atoms with Gasteiger partial charge in [-0.25, -0.2) is 0 Å². The minimum atomic E-state index is -0.0985. The van der Waals surface area contributed by atoms with Gasteiger partial charge in [0.15, 0.2) is 5.12 Å². The molecule has 1 saturated heterocycles. The van der Waals surface area contributed by atoms with Crippen molar-refractivity contribution < 1.29 is 9.59 Å². The molecule has 0 aromatic heterocycles. The fraction of sp³-hybridized carbons (Fsp3) is 0.556. The van der Waals surface area contributed by atoms with E-state index in [1.54, 1.807) is 6.92 Å². The van der Waals surface area contributed by atoms with Gasteiger partial charge in [0.05, 0.1) is 0 Å². The Morgan fingerprint density at radius 3 is 2.78 bits per heavy atom. The zero-order chi connectivity index (χ0) is 16.7. The van der Waals surface area contributed by atoms with E-state index in [0.29, 0.717) is 5.75 Å². The number of carbonyl (C=O) groups is 2. The highest BCUT2D eigenvalue weighted by molar-refractivity contribution is 8.13. The number of hydrogen-bond acceptors (Lipinski definition) is 4. The second kappa shape index (κ2) is 9.08. The van der Waals surface area contributed by atoms with Crippen LogP contribution in [-0.4, -0.2) is 40.8 Å². The van der Waals surface area contributed by atoms with Gasteiger partial charge >= 0.3 is 0 Å². The number of nitrogens with zero attached hydrogens (tertiary/aromatic N) is 1. The number of hydrogen-bond donors (Lipinski definition) is 1. The monoisotopic (exact) mass is 334 g/mol. The quantitative estimate of drug-likeness (QED) is 0.833. The Kier molecular flexibility index (Phi) is 7.12. The lowest BCUT2D eigenvalue weighted by Crippen LogP contribution is -2.44. The summed E-state index contributed by atoms with van der Waals surface area (Å²) in [5.41, 5.74) is 1.26. The van der Waals surface area contributed by atoms with Crippen LogP contribution in [0.5, 0.6) is 0 Å². The first kappa shape index (κ1) is 18.0. The Balaban J connectivity index is 1.79. The maximum atomic E-state index is 12.6. The van der Waals surface area contributed by atoms with Crippen LogP contribution in [-0.2, 0) is 16.1 Å². The van der Waals surface area contributed by atoms with E-state index in [1.165, 1.54) is 17.3 Å². The number of carbonyl (C=O) groups excluding carboxylic acids is 2. The zero-order valence-electron chi connectivity index (χ0n) is 14.0. The van der Waals surface area contributed by atoms with Crippen molar-refractivity contribution in [3.8, 4) is 0 Å². The standard InChI is InChI=1S/C18H26N2O2S/c1-14(13-23-15(2)21)18(22)20-10-6-9-17(20)12-19-11-16-7-4-3-5-8-16/h3-5,7-8,14,17,19H,6,9-13H2,1-2H3/t14-,17+/m1/s1. The third-order valence-corrected chi connectivity index (χ3v) is 5.24. The molecular formula is C18H26N2O2S. The number of rotatable bonds is 7. The Hall–Kier alpha value is -1.33. The van der Waals surface area contributed by atoms with E-state index >= 15 is 0 Å². The van der Waals surface area contributed by atoms with Crippen LogP contribution in [0.15, 0.2) is 30.3 Å². The summed E-state index contributed by atoms with van der Waals surface area (Å²) in [4.78, 5) is 25.6. The third kappa shape index (κ3) is 5.66. The lowest BCUT2D eigenvalue weighted by molar-refractivity contribution is -0.135. The molecular weight excluding hydrogens is 308 g/mol. The van der Waals surface area contributed by atoms with E-state index in [4.69, 9.17) is 0 Å². The third-order valence-electron chi connectivity index (χ3n) is 4.17. The molecule has 1 amide bonds. The maximum absolute atomic E-state index is 12.6. The summed E-state index contributed by atoms with van der Waals surface area (Å²) in [6.45, 7) is 5.97. The molecule has 5 heteroatoms. The molecule has 0 spiro atoms. The first-order valence-electron chi connectivity index (χ1n) is 8.26. The van der Waals surface area contributed by atoms with Gasteiger partial charge in [-0.3, -0.25) is 9.59 Å². The van der Waals surface area contributed by atoms with Crippen LogP contribution in [0.25, 0.3) is 0 Å². The van der Waals surface area contributed by atoms with Gasteiger partial charge in [0.25, 0.3) is 0 Å². The van der Waals surface area contributed by atoms with E-state index in [1.807, 2.05) is 30.0 Å². The second-order valence-corrected chi connectivity index (χ2v) is 7.34. The number of amides is 1. The van der Waals surface area contributed by atoms with Gasteiger partial charge in [-0.05, 0) is 18.4 Å². The van der Waals surface area contributed by atoms with Gasteiger partial charge in [-0.15, -0.1) is 0 Å². The lowest BCUT2D eigenvalue weighted by Gasteiger charge is -2.27. The molecule has 1 aromatic rings. The molecule has 1 aromatic carbocycles. The van der Waals surface area contributed by atoms with Crippen molar-refractivity contribution in [3.63, 3.8) is 0 Å². The molecule has 1 aliphatic heterocycles. The van der Waals surface area contributed by atoms with Gasteiger partial charge in [0, 0.05) is 44.3 Å². The van der Waals surface area contributed by atoms with Gasteiger partial charge in [-0.1, -0.05) is 49.0 Å². The first-order chi connectivity index (χ1) is 11.1.